The second kappa shape index (κ2) is 11.6. The van der Waals surface area contributed by atoms with Gasteiger partial charge in [0.15, 0.2) is 18.3 Å². The molecule has 178 valence electrons. The molecule has 1 aliphatic heterocycles. The Labute approximate surface area is 201 Å². The molecule has 0 radical (unpaired) electrons. The quantitative estimate of drug-likeness (QED) is 0.236. The van der Waals surface area contributed by atoms with Crippen molar-refractivity contribution < 1.29 is 23.7 Å². The van der Waals surface area contributed by atoms with Crippen LogP contribution in [0.15, 0.2) is 66.7 Å². The van der Waals surface area contributed by atoms with Gasteiger partial charge in [-0.25, -0.2) is 0 Å². The van der Waals surface area contributed by atoms with Gasteiger partial charge in [0.2, 0.25) is 6.79 Å². The zero-order valence-corrected chi connectivity index (χ0v) is 19.9. The van der Waals surface area contributed by atoms with Gasteiger partial charge in [-0.2, -0.15) is 0 Å². The van der Waals surface area contributed by atoms with Gasteiger partial charge in [0.1, 0.15) is 18.1 Å². The maximum absolute atomic E-state index is 5.82. The molecule has 0 aliphatic carbocycles. The van der Waals surface area contributed by atoms with Gasteiger partial charge in [-0.1, -0.05) is 37.3 Å². The first-order valence-corrected chi connectivity index (χ1v) is 11.5. The molecule has 0 unspecified atom stereocenters. The van der Waals surface area contributed by atoms with E-state index in [1.165, 1.54) is 5.57 Å². The fourth-order valence-corrected chi connectivity index (χ4v) is 3.96. The topological polar surface area (TPSA) is 58.2 Å². The Kier molecular flexibility index (Phi) is 8.07. The Morgan fingerprint density at radius 1 is 0.824 bits per heavy atom. The number of benzene rings is 3. The van der Waals surface area contributed by atoms with E-state index >= 15 is 0 Å². The van der Waals surface area contributed by atoms with Crippen LogP contribution in [0.1, 0.15) is 30.0 Å². The molecule has 4 rings (SSSR count). The molecular weight excluding hydrogens is 430 g/mol. The average molecular weight is 462 g/mol. The Balaban J connectivity index is 1.75. The fourth-order valence-electron chi connectivity index (χ4n) is 3.96. The Morgan fingerprint density at radius 2 is 1.44 bits per heavy atom. The van der Waals surface area contributed by atoms with Crippen LogP contribution in [0.4, 0.5) is 0 Å². The van der Waals surface area contributed by atoms with Crippen molar-refractivity contribution in [3.8, 4) is 23.0 Å². The van der Waals surface area contributed by atoms with Crippen LogP contribution < -0.4 is 24.3 Å². The summed E-state index contributed by atoms with van der Waals surface area (Å²) >= 11 is 0. The zero-order valence-electron chi connectivity index (χ0n) is 19.9. The van der Waals surface area contributed by atoms with E-state index in [0.717, 1.165) is 58.2 Å². The van der Waals surface area contributed by atoms with E-state index in [1.807, 2.05) is 37.4 Å². The Bertz CT molecular complexity index is 1110. The highest BCUT2D eigenvalue weighted by Gasteiger charge is 2.18. The molecule has 0 saturated heterocycles. The highest BCUT2D eigenvalue weighted by molar-refractivity contribution is 5.99. The third kappa shape index (κ3) is 5.53. The molecule has 0 spiro atoms. The van der Waals surface area contributed by atoms with Crippen molar-refractivity contribution in [1.82, 2.24) is 5.32 Å². The summed E-state index contributed by atoms with van der Waals surface area (Å²) in [6, 6.07) is 22.5. The van der Waals surface area contributed by atoms with E-state index in [1.54, 1.807) is 7.11 Å². The van der Waals surface area contributed by atoms with Gasteiger partial charge in [-0.05, 0) is 77.7 Å². The first-order valence-electron chi connectivity index (χ1n) is 11.5. The molecule has 1 heterocycles. The standard InChI is InChI=1S/C28H31NO5/c1-4-25(22-9-14-26-27(17-22)34-19-33-26)28(21-7-12-24(13-8-21)32-18-30-3)20-5-10-23(11-6-20)31-16-15-29-2/h5-14,17,29H,4,15-16,18-19H2,1-3H3/b28-25+. The summed E-state index contributed by atoms with van der Waals surface area (Å²) in [5, 5.41) is 3.10. The van der Waals surface area contributed by atoms with Crippen molar-refractivity contribution in [3.63, 3.8) is 0 Å². The lowest BCUT2D eigenvalue weighted by Gasteiger charge is -2.17. The number of hydrogen-bond acceptors (Lipinski definition) is 6. The maximum atomic E-state index is 5.82. The number of methoxy groups -OCH3 is 1. The lowest BCUT2D eigenvalue weighted by atomic mass is 9.88. The highest BCUT2D eigenvalue weighted by Crippen LogP contribution is 2.40. The fraction of sp³-hybridized carbons (Fsp3) is 0.286. The van der Waals surface area contributed by atoms with Crippen molar-refractivity contribution in [3.05, 3.63) is 83.4 Å². The predicted octanol–water partition coefficient (Wildman–Crippen LogP) is 5.37. The highest BCUT2D eigenvalue weighted by atomic mass is 16.7. The molecular formula is C28H31NO5. The Hall–Kier alpha value is -3.48. The van der Waals surface area contributed by atoms with Crippen LogP contribution in [0, 0.1) is 0 Å². The molecule has 0 saturated carbocycles. The lowest BCUT2D eigenvalue weighted by molar-refractivity contribution is 0.0511. The minimum absolute atomic E-state index is 0.217. The van der Waals surface area contributed by atoms with Gasteiger partial charge < -0.3 is 29.0 Å². The van der Waals surface area contributed by atoms with E-state index < -0.39 is 0 Å². The molecule has 1 N–H and O–H groups in total. The number of ether oxygens (including phenoxy) is 5. The molecule has 0 bridgehead atoms. The molecule has 6 heteroatoms. The van der Waals surface area contributed by atoms with E-state index in [2.05, 4.69) is 48.6 Å². The molecule has 6 nitrogen and oxygen atoms in total. The normalized spacial score (nSPS) is 12.9. The Morgan fingerprint density at radius 3 is 2.06 bits per heavy atom. The van der Waals surface area contributed by atoms with Gasteiger partial charge in [-0.3, -0.25) is 0 Å². The van der Waals surface area contributed by atoms with Crippen molar-refractivity contribution in [2.45, 2.75) is 13.3 Å². The summed E-state index contributed by atoms with van der Waals surface area (Å²) in [5.41, 5.74) is 5.69. The van der Waals surface area contributed by atoms with Gasteiger partial charge >= 0.3 is 0 Å². The summed E-state index contributed by atoms with van der Waals surface area (Å²) in [7, 11) is 3.53. The number of hydrogen-bond donors (Lipinski definition) is 1. The summed E-state index contributed by atoms with van der Waals surface area (Å²) < 4.78 is 27.6. The number of fused-ring (bicyclic) bond motifs is 1. The van der Waals surface area contributed by atoms with E-state index in [0.29, 0.717) is 6.61 Å². The van der Waals surface area contributed by atoms with Crippen molar-refractivity contribution >= 4 is 11.1 Å². The SMILES string of the molecule is CC/C(=C(/c1ccc(OCCNC)cc1)c1ccc(OCOC)cc1)c1ccc2c(c1)OCO2. The second-order valence-electron chi connectivity index (χ2n) is 7.83. The minimum atomic E-state index is 0.217. The number of allylic oxidation sites excluding steroid dienone is 1. The van der Waals surface area contributed by atoms with Crippen LogP contribution >= 0.6 is 0 Å². The van der Waals surface area contributed by atoms with E-state index in [9.17, 15) is 0 Å². The third-order valence-electron chi connectivity index (χ3n) is 5.63. The second-order valence-corrected chi connectivity index (χ2v) is 7.83. The smallest absolute Gasteiger partial charge is 0.231 e. The maximum Gasteiger partial charge on any atom is 0.231 e. The lowest BCUT2D eigenvalue weighted by Crippen LogP contribution is -2.15. The average Bonchev–Trinajstić information content (AvgIpc) is 3.35. The van der Waals surface area contributed by atoms with Crippen LogP contribution in [-0.2, 0) is 4.74 Å². The molecule has 0 amide bonds. The summed E-state index contributed by atoms with van der Waals surface area (Å²) in [5.74, 6) is 3.17. The van der Waals surface area contributed by atoms with Gasteiger partial charge in [-0.15, -0.1) is 0 Å². The largest absolute Gasteiger partial charge is 0.492 e. The first kappa shape index (κ1) is 23.7. The van der Waals surface area contributed by atoms with E-state index in [4.69, 9.17) is 23.7 Å². The number of rotatable bonds is 11. The third-order valence-corrected chi connectivity index (χ3v) is 5.63. The molecule has 0 atom stereocenters. The van der Waals surface area contributed by atoms with Crippen LogP contribution in [-0.4, -0.2) is 40.9 Å². The van der Waals surface area contributed by atoms with Crippen molar-refractivity contribution in [2.75, 3.05) is 40.9 Å². The van der Waals surface area contributed by atoms with Crippen LogP contribution in [0.3, 0.4) is 0 Å². The van der Waals surface area contributed by atoms with Crippen LogP contribution in [0.2, 0.25) is 0 Å². The van der Waals surface area contributed by atoms with Crippen LogP contribution in [0.25, 0.3) is 11.1 Å². The molecule has 0 fully saturated rings. The minimum Gasteiger partial charge on any atom is -0.492 e. The van der Waals surface area contributed by atoms with Gasteiger partial charge in [0.05, 0.1) is 0 Å². The number of likely N-dealkylation sites (N-methyl/N-ethyl adjacent to an activating group) is 1. The molecule has 3 aromatic rings. The summed E-state index contributed by atoms with van der Waals surface area (Å²) in [6.45, 7) is 4.07. The monoisotopic (exact) mass is 461 g/mol. The van der Waals surface area contributed by atoms with Gasteiger partial charge in [0, 0.05) is 13.7 Å². The van der Waals surface area contributed by atoms with Crippen molar-refractivity contribution in [1.29, 1.82) is 0 Å². The van der Waals surface area contributed by atoms with Gasteiger partial charge in [0.25, 0.3) is 0 Å². The summed E-state index contributed by atoms with van der Waals surface area (Å²) in [6.07, 6.45) is 0.845. The van der Waals surface area contributed by atoms with Crippen molar-refractivity contribution in [2.24, 2.45) is 0 Å². The summed E-state index contributed by atoms with van der Waals surface area (Å²) in [4.78, 5) is 0. The molecule has 3 aromatic carbocycles. The molecule has 34 heavy (non-hydrogen) atoms. The molecule has 1 aliphatic rings. The first-order chi connectivity index (χ1) is 16.7. The van der Waals surface area contributed by atoms with E-state index in [-0.39, 0.29) is 13.6 Å². The van der Waals surface area contributed by atoms with Crippen LogP contribution in [0.5, 0.6) is 23.0 Å². The predicted molar refractivity (Wildman–Crippen MR) is 134 cm³/mol. The molecule has 0 aromatic heterocycles. The number of nitrogens with one attached hydrogen (secondary N) is 1. The zero-order chi connectivity index (χ0) is 23.8.